The number of fused-ring (bicyclic) bond motifs is 1. The lowest BCUT2D eigenvalue weighted by Crippen LogP contribution is -2.46. The number of carbonyl (C=O) groups is 3. The molecule has 0 unspecified atom stereocenters. The molecule has 0 aliphatic carbocycles. The maximum absolute atomic E-state index is 12.7. The van der Waals surface area contributed by atoms with Crippen LogP contribution in [0.15, 0.2) is 48.5 Å². The van der Waals surface area contributed by atoms with Gasteiger partial charge >= 0.3 is 6.21 Å². The Hall–Kier alpha value is -3.57. The fraction of sp³-hybridized carbons (Fsp3) is 0.158. The molecule has 1 heterocycles. The van der Waals surface area contributed by atoms with Gasteiger partial charge in [-0.05, 0) is 29.8 Å². The molecule has 7 heteroatoms. The number of hydrogen-bond donors (Lipinski definition) is 0. The quantitative estimate of drug-likeness (QED) is 0.343. The molecule has 2 aromatic rings. The molecule has 26 heavy (non-hydrogen) atoms. The first kappa shape index (κ1) is 17.3. The standard InChI is InChI=1S/C19H15N3O4/c1-26-13-8-6-12(7-9-13)10-16(17(23)11-21-20)22-18(24)14-4-2-3-5-15(14)19(22)25/h2-9,11,16H,10H2,1H3/t16-/m1/s1. The van der Waals surface area contributed by atoms with Gasteiger partial charge in [0.15, 0.2) is 0 Å². The number of ketones is 1. The van der Waals surface area contributed by atoms with Crippen LogP contribution in [0.1, 0.15) is 26.3 Å². The van der Waals surface area contributed by atoms with Gasteiger partial charge in [0, 0.05) is 6.42 Å². The van der Waals surface area contributed by atoms with E-state index in [-0.39, 0.29) is 17.5 Å². The highest BCUT2D eigenvalue weighted by molar-refractivity contribution is 6.31. The highest BCUT2D eigenvalue weighted by atomic mass is 16.5. The topological polar surface area (TPSA) is 100 Å². The number of nitrogens with zero attached hydrogens (tertiary/aromatic N) is 3. The molecule has 3 rings (SSSR count). The van der Waals surface area contributed by atoms with Crippen LogP contribution in [0.25, 0.3) is 5.53 Å². The van der Waals surface area contributed by atoms with Gasteiger partial charge in [-0.25, -0.2) is 0 Å². The molecule has 0 bridgehead atoms. The first-order valence-electron chi connectivity index (χ1n) is 7.88. The summed E-state index contributed by atoms with van der Waals surface area (Å²) in [6.45, 7) is 0. The van der Waals surface area contributed by atoms with Crippen LogP contribution >= 0.6 is 0 Å². The van der Waals surface area contributed by atoms with Crippen LogP contribution in [0.3, 0.4) is 0 Å². The average molecular weight is 349 g/mol. The fourth-order valence-corrected chi connectivity index (χ4v) is 2.94. The van der Waals surface area contributed by atoms with Gasteiger partial charge < -0.3 is 10.3 Å². The number of methoxy groups -OCH3 is 1. The molecule has 1 atom stereocenters. The van der Waals surface area contributed by atoms with Crippen LogP contribution in [0.5, 0.6) is 5.75 Å². The second-order valence-electron chi connectivity index (χ2n) is 5.74. The SMILES string of the molecule is COc1ccc(C[C@H](C(=O)C=[N+]=[N-])N2C(=O)c3ccccc3C2=O)cc1. The summed E-state index contributed by atoms with van der Waals surface area (Å²) >= 11 is 0. The smallest absolute Gasteiger partial charge is 0.325 e. The number of rotatable bonds is 6. The van der Waals surface area contributed by atoms with E-state index in [1.54, 1.807) is 48.5 Å². The summed E-state index contributed by atoms with van der Waals surface area (Å²) in [6.07, 6.45) is 0.804. The molecule has 0 aromatic heterocycles. The van der Waals surface area contributed by atoms with Gasteiger partial charge in [-0.3, -0.25) is 19.3 Å². The monoisotopic (exact) mass is 349 g/mol. The number of imide groups is 1. The summed E-state index contributed by atoms with van der Waals surface area (Å²) in [5.74, 6) is -1.07. The van der Waals surface area contributed by atoms with E-state index in [4.69, 9.17) is 10.3 Å². The first-order valence-corrected chi connectivity index (χ1v) is 7.88. The summed E-state index contributed by atoms with van der Waals surface area (Å²) in [5.41, 5.74) is 9.95. The van der Waals surface area contributed by atoms with Crippen molar-refractivity contribution in [1.29, 1.82) is 0 Å². The second-order valence-corrected chi connectivity index (χ2v) is 5.74. The largest absolute Gasteiger partial charge is 0.497 e. The summed E-state index contributed by atoms with van der Waals surface area (Å²) < 4.78 is 5.10. The highest BCUT2D eigenvalue weighted by Crippen LogP contribution is 2.26. The number of Topliss-reactive ketones (excluding diaryl/α,β-unsaturated/α-hetero) is 1. The molecule has 1 aliphatic rings. The van der Waals surface area contributed by atoms with Crippen LogP contribution in [-0.2, 0) is 11.2 Å². The maximum atomic E-state index is 12.7. The normalized spacial score (nSPS) is 13.8. The summed E-state index contributed by atoms with van der Waals surface area (Å²) in [5, 5.41) is 0. The van der Waals surface area contributed by atoms with Crippen LogP contribution in [0.4, 0.5) is 0 Å². The van der Waals surface area contributed by atoms with Gasteiger partial charge in [-0.15, -0.1) is 0 Å². The molecule has 7 nitrogen and oxygen atoms in total. The Kier molecular flexibility index (Phi) is 4.73. The number of carbonyl (C=O) groups excluding carboxylic acids is 3. The van der Waals surface area contributed by atoms with E-state index in [1.807, 2.05) is 0 Å². The number of amides is 2. The number of hydrogen-bond acceptors (Lipinski definition) is 4. The maximum Gasteiger partial charge on any atom is 0.325 e. The predicted octanol–water partition coefficient (Wildman–Crippen LogP) is 1.77. The molecule has 0 radical (unpaired) electrons. The van der Waals surface area contributed by atoms with Crippen molar-refractivity contribution in [3.63, 3.8) is 0 Å². The van der Waals surface area contributed by atoms with E-state index in [9.17, 15) is 14.4 Å². The predicted molar refractivity (Wildman–Crippen MR) is 92.1 cm³/mol. The van der Waals surface area contributed by atoms with Crippen molar-refractivity contribution >= 4 is 23.8 Å². The molecule has 0 saturated heterocycles. The third-order valence-corrected chi connectivity index (χ3v) is 4.24. The molecule has 0 spiro atoms. The van der Waals surface area contributed by atoms with Crippen molar-refractivity contribution in [1.82, 2.24) is 4.90 Å². The van der Waals surface area contributed by atoms with Crippen molar-refractivity contribution in [2.45, 2.75) is 12.5 Å². The lowest BCUT2D eigenvalue weighted by Gasteiger charge is -2.23. The highest BCUT2D eigenvalue weighted by Gasteiger charge is 2.43. The number of ether oxygens (including phenoxy) is 1. The first-order chi connectivity index (χ1) is 12.6. The van der Waals surface area contributed by atoms with Crippen LogP contribution in [0.2, 0.25) is 0 Å². The van der Waals surface area contributed by atoms with E-state index < -0.39 is 23.6 Å². The third kappa shape index (κ3) is 3.03. The van der Waals surface area contributed by atoms with E-state index in [0.29, 0.717) is 12.0 Å². The Labute approximate surface area is 149 Å². The lowest BCUT2D eigenvalue weighted by atomic mass is 10.0. The molecule has 0 N–H and O–H groups in total. The molecule has 1 aliphatic heterocycles. The summed E-state index contributed by atoms with van der Waals surface area (Å²) in [7, 11) is 1.54. The van der Waals surface area contributed by atoms with Gasteiger partial charge in [0.2, 0.25) is 0 Å². The van der Waals surface area contributed by atoms with Crippen LogP contribution in [0, 0.1) is 0 Å². The van der Waals surface area contributed by atoms with Gasteiger partial charge in [0.1, 0.15) is 11.8 Å². The van der Waals surface area contributed by atoms with E-state index >= 15 is 0 Å². The molecule has 2 aromatic carbocycles. The molecular formula is C19H15N3O4. The van der Waals surface area contributed by atoms with Crippen molar-refractivity contribution in [2.24, 2.45) is 0 Å². The minimum atomic E-state index is -1.10. The Balaban J connectivity index is 1.96. The van der Waals surface area contributed by atoms with Gasteiger partial charge in [0.05, 0.1) is 18.2 Å². The van der Waals surface area contributed by atoms with E-state index in [2.05, 4.69) is 4.79 Å². The van der Waals surface area contributed by atoms with Gasteiger partial charge in [-0.2, -0.15) is 4.79 Å². The van der Waals surface area contributed by atoms with Gasteiger partial charge in [-0.1, -0.05) is 24.3 Å². The zero-order chi connectivity index (χ0) is 18.7. The van der Waals surface area contributed by atoms with Crippen LogP contribution < -0.4 is 4.74 Å². The zero-order valence-electron chi connectivity index (χ0n) is 14.0. The fourth-order valence-electron chi connectivity index (χ4n) is 2.94. The minimum Gasteiger partial charge on any atom is -0.497 e. The average Bonchev–Trinajstić information content (AvgIpc) is 2.92. The van der Waals surface area contributed by atoms with E-state index in [1.165, 1.54) is 7.11 Å². The summed E-state index contributed by atoms with van der Waals surface area (Å²) in [6, 6.07) is 12.2. The minimum absolute atomic E-state index is 0.0975. The lowest BCUT2D eigenvalue weighted by molar-refractivity contribution is -0.119. The molecule has 0 saturated carbocycles. The Bertz CT molecular complexity index is 895. The van der Waals surface area contributed by atoms with Crippen molar-refractivity contribution in [3.8, 4) is 5.75 Å². The molecule has 0 fully saturated rings. The van der Waals surface area contributed by atoms with Crippen LogP contribution in [-0.4, -0.2) is 46.7 Å². The second kappa shape index (κ2) is 7.13. The Morgan fingerprint density at radius 2 is 1.69 bits per heavy atom. The molecular weight excluding hydrogens is 334 g/mol. The Morgan fingerprint density at radius 1 is 1.12 bits per heavy atom. The zero-order valence-corrected chi connectivity index (χ0v) is 14.0. The van der Waals surface area contributed by atoms with Gasteiger partial charge in [0.25, 0.3) is 17.6 Å². The number of benzene rings is 2. The van der Waals surface area contributed by atoms with E-state index in [0.717, 1.165) is 10.5 Å². The third-order valence-electron chi connectivity index (χ3n) is 4.24. The molecule has 130 valence electrons. The van der Waals surface area contributed by atoms with Crippen molar-refractivity contribution in [2.75, 3.05) is 7.11 Å². The molecule has 2 amide bonds. The Morgan fingerprint density at radius 3 is 2.19 bits per heavy atom. The summed E-state index contributed by atoms with van der Waals surface area (Å²) in [4.78, 5) is 41.4. The van der Waals surface area contributed by atoms with Crippen molar-refractivity contribution in [3.05, 3.63) is 70.8 Å². The van der Waals surface area contributed by atoms with Crippen molar-refractivity contribution < 1.29 is 23.9 Å².